The third-order valence-electron chi connectivity index (χ3n) is 8.39. The van der Waals surface area contributed by atoms with Crippen molar-refractivity contribution in [2.45, 2.75) is 90.9 Å². The number of aliphatic hydroxyl groups is 2. The van der Waals surface area contributed by atoms with E-state index in [2.05, 4.69) is 68.6 Å². The Morgan fingerprint density at radius 2 is 1.57 bits per heavy atom. The lowest BCUT2D eigenvalue weighted by Crippen LogP contribution is -2.30. The molecule has 0 saturated heterocycles. The molecule has 1 aliphatic carbocycles. The Hall–Kier alpha value is -3.02. The third-order valence-corrected chi connectivity index (χ3v) is 8.39. The molecule has 1 saturated carbocycles. The maximum absolute atomic E-state index is 11.7. The van der Waals surface area contributed by atoms with Crippen molar-refractivity contribution in [3.05, 3.63) is 84.0 Å². The van der Waals surface area contributed by atoms with Crippen LogP contribution in [0.1, 0.15) is 95.6 Å². The molecule has 5 nitrogen and oxygen atoms in total. The summed E-state index contributed by atoms with van der Waals surface area (Å²) in [7, 11) is 0. The monoisotopic (exact) mass is 576 g/mol. The number of rotatable bonds is 15. The van der Waals surface area contributed by atoms with Gasteiger partial charge in [-0.15, -0.1) is 0 Å². The molecule has 2 aromatic rings. The third kappa shape index (κ3) is 12.1. The van der Waals surface area contributed by atoms with Crippen molar-refractivity contribution >= 4 is 12.3 Å². The zero-order chi connectivity index (χ0) is 31.0. The Balaban J connectivity index is 0.000000928. The minimum atomic E-state index is -0.383. The number of aliphatic hydroxyl groups excluding tert-OH is 2. The highest BCUT2D eigenvalue weighted by Gasteiger charge is 2.29. The van der Waals surface area contributed by atoms with Crippen molar-refractivity contribution in [1.29, 1.82) is 0 Å². The minimum Gasteiger partial charge on any atom is -0.462 e. The molecular weight excluding hydrogens is 524 g/mol. The van der Waals surface area contributed by atoms with Gasteiger partial charge >= 0.3 is 5.97 Å². The van der Waals surface area contributed by atoms with Crippen molar-refractivity contribution in [1.82, 2.24) is 0 Å². The van der Waals surface area contributed by atoms with Gasteiger partial charge in [-0.25, -0.2) is 4.79 Å². The lowest BCUT2D eigenvalue weighted by atomic mass is 9.74. The predicted octanol–water partition coefficient (Wildman–Crippen LogP) is 7.99. The number of hydrogen-bond acceptors (Lipinski definition) is 5. The average Bonchev–Trinajstić information content (AvgIpc) is 3.03. The molecule has 1 unspecified atom stereocenters. The molecule has 42 heavy (non-hydrogen) atoms. The van der Waals surface area contributed by atoms with Crippen LogP contribution in [-0.2, 0) is 20.7 Å². The highest BCUT2D eigenvalue weighted by molar-refractivity contribution is 5.86. The van der Waals surface area contributed by atoms with E-state index in [0.717, 1.165) is 12.8 Å². The van der Waals surface area contributed by atoms with Crippen LogP contribution < -0.4 is 0 Å². The zero-order valence-corrected chi connectivity index (χ0v) is 26.1. The van der Waals surface area contributed by atoms with Gasteiger partial charge < -0.3 is 14.9 Å². The van der Waals surface area contributed by atoms with Gasteiger partial charge in [0.25, 0.3) is 0 Å². The SMILES string of the molecule is C=C(C)C(=O)OCC(C)(CO)CCC1CCC(c2ccc(-c3ccc(CCCCC)cc3)cc2)CC1.C=C(C=O)CO. The van der Waals surface area contributed by atoms with Crippen molar-refractivity contribution in [3.63, 3.8) is 0 Å². The second kappa shape index (κ2) is 18.5. The van der Waals surface area contributed by atoms with Crippen LogP contribution in [0.3, 0.4) is 0 Å². The van der Waals surface area contributed by atoms with Gasteiger partial charge in [-0.1, -0.05) is 88.4 Å². The van der Waals surface area contributed by atoms with Crippen LogP contribution in [-0.4, -0.2) is 42.3 Å². The molecule has 5 heteroatoms. The molecule has 1 aliphatic rings. The van der Waals surface area contributed by atoms with Crippen LogP contribution in [0, 0.1) is 11.3 Å². The van der Waals surface area contributed by atoms with Gasteiger partial charge in [0.15, 0.2) is 0 Å². The van der Waals surface area contributed by atoms with Crippen molar-refractivity contribution in [2.75, 3.05) is 19.8 Å². The number of ether oxygens (including phenoxy) is 1. The van der Waals surface area contributed by atoms with E-state index in [1.54, 1.807) is 6.92 Å². The standard InChI is InChI=1S/C33H46O3.C4H6O2/c1-5-6-7-8-26-9-13-28(14-10-26)30-17-19-31(20-18-30)29-15-11-27(12-16-29)21-22-33(4,23-34)24-36-32(35)25(2)3;1-4(2-5)3-6/h9-10,13-14,17-20,27,29,34H,2,5-8,11-12,15-16,21-24H2,1,3-4H3;2,6H,1,3H2. The van der Waals surface area contributed by atoms with Crippen molar-refractivity contribution in [2.24, 2.45) is 11.3 Å². The fraction of sp³-hybridized carbons (Fsp3) is 0.514. The summed E-state index contributed by atoms with van der Waals surface area (Å²) < 4.78 is 5.34. The Morgan fingerprint density at radius 1 is 0.976 bits per heavy atom. The minimum absolute atomic E-state index is 0.0275. The molecule has 2 aromatic carbocycles. The molecule has 3 rings (SSSR count). The lowest BCUT2D eigenvalue weighted by molar-refractivity contribution is -0.143. The number of unbranched alkanes of at least 4 members (excludes halogenated alkanes) is 2. The molecule has 230 valence electrons. The normalized spacial score (nSPS) is 17.7. The van der Waals surface area contributed by atoms with Gasteiger partial charge in [0.1, 0.15) is 6.29 Å². The molecule has 1 fully saturated rings. The Labute approximate surface area is 253 Å². The maximum Gasteiger partial charge on any atom is 0.333 e. The summed E-state index contributed by atoms with van der Waals surface area (Å²) >= 11 is 0. The molecule has 0 aliphatic heterocycles. The summed E-state index contributed by atoms with van der Waals surface area (Å²) in [6.45, 7) is 12.8. The van der Waals surface area contributed by atoms with Crippen LogP contribution in [0.2, 0.25) is 0 Å². The maximum atomic E-state index is 11.7. The van der Waals surface area contributed by atoms with Gasteiger partial charge in [-0.3, -0.25) is 4.79 Å². The number of carbonyl (C=O) groups is 2. The van der Waals surface area contributed by atoms with E-state index in [-0.39, 0.29) is 36.8 Å². The quantitative estimate of drug-likeness (QED) is 0.0972. The molecule has 1 atom stereocenters. The van der Waals surface area contributed by atoms with Gasteiger partial charge in [0.05, 0.1) is 19.8 Å². The van der Waals surface area contributed by atoms with Gasteiger partial charge in [-0.2, -0.15) is 0 Å². The first kappa shape index (κ1) is 35.2. The van der Waals surface area contributed by atoms with Gasteiger partial charge in [-0.05, 0) is 92.4 Å². The zero-order valence-electron chi connectivity index (χ0n) is 26.1. The summed E-state index contributed by atoms with van der Waals surface area (Å²) in [6, 6.07) is 18.3. The highest BCUT2D eigenvalue weighted by atomic mass is 16.5. The van der Waals surface area contributed by atoms with E-state index >= 15 is 0 Å². The number of hydrogen-bond donors (Lipinski definition) is 2. The molecule has 2 N–H and O–H groups in total. The van der Waals surface area contributed by atoms with E-state index in [9.17, 15) is 14.7 Å². The van der Waals surface area contributed by atoms with Crippen LogP contribution >= 0.6 is 0 Å². The molecule has 0 aromatic heterocycles. The first-order valence-corrected chi connectivity index (χ1v) is 15.5. The lowest BCUT2D eigenvalue weighted by Gasteiger charge is -2.32. The number of esters is 1. The summed E-state index contributed by atoms with van der Waals surface area (Å²) in [5, 5.41) is 17.9. The molecular formula is C37H52O5. The van der Waals surface area contributed by atoms with E-state index in [4.69, 9.17) is 9.84 Å². The molecule has 0 radical (unpaired) electrons. The van der Waals surface area contributed by atoms with E-state index in [0.29, 0.717) is 23.7 Å². The summed E-state index contributed by atoms with van der Waals surface area (Å²) in [4.78, 5) is 21.2. The molecule has 0 spiro atoms. The van der Waals surface area contributed by atoms with E-state index < -0.39 is 0 Å². The summed E-state index contributed by atoms with van der Waals surface area (Å²) in [5.41, 5.74) is 5.72. The first-order valence-electron chi connectivity index (χ1n) is 15.5. The molecule has 0 bridgehead atoms. The van der Waals surface area contributed by atoms with E-state index in [1.165, 1.54) is 73.6 Å². The van der Waals surface area contributed by atoms with Crippen LogP contribution in [0.25, 0.3) is 11.1 Å². The predicted molar refractivity (Wildman–Crippen MR) is 172 cm³/mol. The molecule has 0 amide bonds. The highest BCUT2D eigenvalue weighted by Crippen LogP contribution is 2.39. The second-order valence-corrected chi connectivity index (χ2v) is 12.3. The average molecular weight is 577 g/mol. The number of aldehydes is 1. The fourth-order valence-electron chi connectivity index (χ4n) is 5.32. The number of aryl methyl sites for hydroxylation is 1. The fourth-order valence-corrected chi connectivity index (χ4v) is 5.32. The van der Waals surface area contributed by atoms with Crippen LogP contribution in [0.15, 0.2) is 72.8 Å². The second-order valence-electron chi connectivity index (χ2n) is 12.3. The van der Waals surface area contributed by atoms with Crippen molar-refractivity contribution < 1.29 is 24.5 Å². The summed E-state index contributed by atoms with van der Waals surface area (Å²) in [6.07, 6.45) is 12.4. The Bertz CT molecular complexity index is 1110. The largest absolute Gasteiger partial charge is 0.462 e. The summed E-state index contributed by atoms with van der Waals surface area (Å²) in [5.74, 6) is 0.941. The number of benzene rings is 2. The Morgan fingerprint density at radius 3 is 2.05 bits per heavy atom. The number of carbonyl (C=O) groups excluding carboxylic acids is 2. The van der Waals surface area contributed by atoms with Gasteiger partial charge in [0.2, 0.25) is 0 Å². The van der Waals surface area contributed by atoms with E-state index in [1.807, 2.05) is 6.92 Å². The van der Waals surface area contributed by atoms with Crippen LogP contribution in [0.5, 0.6) is 0 Å². The first-order chi connectivity index (χ1) is 20.1. The van der Waals surface area contributed by atoms with Crippen molar-refractivity contribution in [3.8, 4) is 11.1 Å². The van der Waals surface area contributed by atoms with Crippen LogP contribution in [0.4, 0.5) is 0 Å². The topological polar surface area (TPSA) is 83.8 Å². The molecule has 0 heterocycles. The Kier molecular flexibility index (Phi) is 15.5. The smallest absolute Gasteiger partial charge is 0.333 e. The van der Waals surface area contributed by atoms with Gasteiger partial charge in [0, 0.05) is 16.6 Å².